The van der Waals surface area contributed by atoms with Gasteiger partial charge in [0.25, 0.3) is 5.91 Å². The van der Waals surface area contributed by atoms with E-state index in [1.165, 1.54) is 5.56 Å². The number of hydrogen-bond donors (Lipinski definition) is 1. The van der Waals surface area contributed by atoms with Crippen LogP contribution in [0.3, 0.4) is 0 Å². The first-order valence-electron chi connectivity index (χ1n) is 9.51. The van der Waals surface area contributed by atoms with E-state index in [1.54, 1.807) is 6.07 Å². The van der Waals surface area contributed by atoms with Crippen LogP contribution in [-0.2, 0) is 11.2 Å². The maximum atomic E-state index is 12.9. The zero-order valence-electron chi connectivity index (χ0n) is 15.6. The van der Waals surface area contributed by atoms with Gasteiger partial charge in [-0.3, -0.25) is 9.69 Å². The monoisotopic (exact) mass is 367 g/mol. The van der Waals surface area contributed by atoms with Crippen molar-refractivity contribution in [2.75, 3.05) is 49.6 Å². The quantitative estimate of drug-likeness (QED) is 0.869. The minimum absolute atomic E-state index is 0.0974. The van der Waals surface area contributed by atoms with Crippen molar-refractivity contribution in [3.05, 3.63) is 47.7 Å². The summed E-state index contributed by atoms with van der Waals surface area (Å²) in [6, 6.07) is 11.7. The summed E-state index contributed by atoms with van der Waals surface area (Å²) in [6.07, 6.45) is 0.872. The lowest BCUT2D eigenvalue weighted by Gasteiger charge is -2.26. The van der Waals surface area contributed by atoms with Gasteiger partial charge in [-0.1, -0.05) is 18.2 Å². The molecule has 1 unspecified atom stereocenters. The first-order chi connectivity index (χ1) is 13.2. The topological polar surface area (TPSA) is 70.6 Å². The number of aromatic nitrogens is 2. The van der Waals surface area contributed by atoms with Crippen LogP contribution < -0.4 is 10.2 Å². The number of rotatable bonds is 5. The van der Waals surface area contributed by atoms with E-state index in [0.29, 0.717) is 11.5 Å². The maximum absolute atomic E-state index is 12.9. The summed E-state index contributed by atoms with van der Waals surface area (Å²) < 4.78 is 5.35. The number of amides is 1. The molecule has 1 atom stereocenters. The van der Waals surface area contributed by atoms with E-state index in [4.69, 9.17) is 4.74 Å². The van der Waals surface area contributed by atoms with Gasteiger partial charge in [0.2, 0.25) is 0 Å². The van der Waals surface area contributed by atoms with Gasteiger partial charge in [-0.15, -0.1) is 10.2 Å². The van der Waals surface area contributed by atoms with E-state index in [0.717, 1.165) is 51.5 Å². The van der Waals surface area contributed by atoms with Crippen LogP contribution in [0.4, 0.5) is 11.5 Å². The molecule has 7 nitrogen and oxygen atoms in total. The lowest BCUT2D eigenvalue weighted by atomic mass is 10.1. The van der Waals surface area contributed by atoms with Crippen molar-refractivity contribution in [2.45, 2.75) is 19.4 Å². The van der Waals surface area contributed by atoms with E-state index in [1.807, 2.05) is 29.2 Å². The average molecular weight is 367 g/mol. The Morgan fingerprint density at radius 3 is 2.78 bits per heavy atom. The molecule has 2 aliphatic heterocycles. The summed E-state index contributed by atoms with van der Waals surface area (Å²) in [6.45, 7) is 7.33. The average Bonchev–Trinajstić information content (AvgIpc) is 3.04. The van der Waals surface area contributed by atoms with Gasteiger partial charge in [-0.05, 0) is 37.1 Å². The molecule has 1 aromatic heterocycles. The Labute approximate surface area is 159 Å². The van der Waals surface area contributed by atoms with Crippen LogP contribution >= 0.6 is 0 Å². The highest BCUT2D eigenvalue weighted by Gasteiger charge is 2.31. The third-order valence-electron chi connectivity index (χ3n) is 5.15. The molecule has 0 aliphatic carbocycles. The second-order valence-electron chi connectivity index (χ2n) is 7.04. The molecular weight excluding hydrogens is 342 g/mol. The number of ether oxygens (including phenoxy) is 1. The molecule has 1 saturated heterocycles. The number of carbonyl (C=O) groups excluding carboxylic acids is 1. The number of hydrogen-bond acceptors (Lipinski definition) is 6. The van der Waals surface area contributed by atoms with Gasteiger partial charge < -0.3 is 15.0 Å². The van der Waals surface area contributed by atoms with Gasteiger partial charge in [-0.25, -0.2) is 0 Å². The van der Waals surface area contributed by atoms with Crippen molar-refractivity contribution in [2.24, 2.45) is 0 Å². The lowest BCUT2D eigenvalue weighted by molar-refractivity contribution is 0.0398. The van der Waals surface area contributed by atoms with Gasteiger partial charge >= 0.3 is 0 Å². The van der Waals surface area contributed by atoms with Crippen molar-refractivity contribution in [3.8, 4) is 0 Å². The smallest absolute Gasteiger partial charge is 0.279 e. The molecule has 0 saturated carbocycles. The van der Waals surface area contributed by atoms with E-state index in [9.17, 15) is 4.79 Å². The van der Waals surface area contributed by atoms with Gasteiger partial charge in [0, 0.05) is 37.9 Å². The van der Waals surface area contributed by atoms with E-state index in [-0.39, 0.29) is 11.9 Å². The minimum Gasteiger partial charge on any atom is -0.379 e. The fraction of sp³-hybridized carbons (Fsp3) is 0.450. The third-order valence-corrected chi connectivity index (χ3v) is 5.15. The Hall–Kier alpha value is -2.51. The number of anilines is 2. The normalized spacial score (nSPS) is 19.7. The predicted octanol–water partition coefficient (Wildman–Crippen LogP) is 1.81. The van der Waals surface area contributed by atoms with Crippen LogP contribution in [0.1, 0.15) is 23.0 Å². The Kier molecular flexibility index (Phi) is 5.31. The molecule has 2 aliphatic rings. The van der Waals surface area contributed by atoms with Gasteiger partial charge in [0.1, 0.15) is 5.82 Å². The summed E-state index contributed by atoms with van der Waals surface area (Å²) >= 11 is 0. The van der Waals surface area contributed by atoms with Crippen LogP contribution in [0.2, 0.25) is 0 Å². The second kappa shape index (κ2) is 8.02. The number of nitrogens with one attached hydrogen (secondary N) is 1. The molecule has 1 aromatic carbocycles. The first-order valence-corrected chi connectivity index (χ1v) is 9.51. The van der Waals surface area contributed by atoms with Gasteiger partial charge in [0.15, 0.2) is 5.69 Å². The molecular formula is C20H25N5O2. The predicted molar refractivity (Wildman–Crippen MR) is 104 cm³/mol. The highest BCUT2D eigenvalue weighted by atomic mass is 16.5. The summed E-state index contributed by atoms with van der Waals surface area (Å²) in [7, 11) is 0. The number of fused-ring (bicyclic) bond motifs is 1. The summed E-state index contributed by atoms with van der Waals surface area (Å²) in [5, 5.41) is 11.6. The Morgan fingerprint density at radius 2 is 2.00 bits per heavy atom. The molecule has 142 valence electrons. The van der Waals surface area contributed by atoms with Crippen LogP contribution in [-0.4, -0.2) is 66.4 Å². The van der Waals surface area contributed by atoms with E-state index < -0.39 is 0 Å². The number of benzene rings is 1. The van der Waals surface area contributed by atoms with Crippen molar-refractivity contribution >= 4 is 17.4 Å². The summed E-state index contributed by atoms with van der Waals surface area (Å²) in [5.74, 6) is 0.592. The lowest BCUT2D eigenvalue weighted by Crippen LogP contribution is -2.39. The van der Waals surface area contributed by atoms with Crippen LogP contribution in [0, 0.1) is 0 Å². The molecule has 0 bridgehead atoms. The number of para-hydroxylation sites is 1. The molecule has 27 heavy (non-hydrogen) atoms. The van der Waals surface area contributed by atoms with Crippen molar-refractivity contribution in [3.63, 3.8) is 0 Å². The second-order valence-corrected chi connectivity index (χ2v) is 7.04. The van der Waals surface area contributed by atoms with Gasteiger partial charge in [-0.2, -0.15) is 0 Å². The number of nitrogens with zero attached hydrogens (tertiary/aromatic N) is 4. The highest BCUT2D eigenvalue weighted by molar-refractivity contribution is 6.06. The number of morpholine rings is 1. The number of carbonyl (C=O) groups is 1. The van der Waals surface area contributed by atoms with Gasteiger partial charge in [0.05, 0.1) is 13.2 Å². The maximum Gasteiger partial charge on any atom is 0.279 e. The molecule has 2 aromatic rings. The van der Waals surface area contributed by atoms with Crippen LogP contribution in [0.5, 0.6) is 0 Å². The molecule has 0 spiro atoms. The Balaban J connectivity index is 1.36. The van der Waals surface area contributed by atoms with Crippen LogP contribution in [0.15, 0.2) is 36.4 Å². The van der Waals surface area contributed by atoms with E-state index >= 15 is 0 Å². The van der Waals surface area contributed by atoms with Crippen molar-refractivity contribution < 1.29 is 9.53 Å². The molecule has 4 rings (SSSR count). The third kappa shape index (κ3) is 3.94. The highest BCUT2D eigenvalue weighted by Crippen LogP contribution is 2.32. The first kappa shape index (κ1) is 17.9. The SMILES string of the molecule is CC1Cc2ccccc2N1C(=O)c1ccc(NCCN2CCOCC2)nn1. The van der Waals surface area contributed by atoms with E-state index in [2.05, 4.69) is 33.4 Å². The Bertz CT molecular complexity index is 789. The summed E-state index contributed by atoms with van der Waals surface area (Å²) in [4.78, 5) is 17.1. The molecule has 1 amide bonds. The molecule has 1 fully saturated rings. The zero-order chi connectivity index (χ0) is 18.6. The van der Waals surface area contributed by atoms with Crippen LogP contribution in [0.25, 0.3) is 0 Å². The fourth-order valence-corrected chi connectivity index (χ4v) is 3.71. The largest absolute Gasteiger partial charge is 0.379 e. The molecule has 3 heterocycles. The Morgan fingerprint density at radius 1 is 1.19 bits per heavy atom. The fourth-order valence-electron chi connectivity index (χ4n) is 3.71. The molecule has 0 radical (unpaired) electrons. The summed E-state index contributed by atoms with van der Waals surface area (Å²) in [5.41, 5.74) is 2.55. The zero-order valence-corrected chi connectivity index (χ0v) is 15.6. The molecule has 7 heteroatoms. The molecule has 1 N–H and O–H groups in total. The van der Waals surface area contributed by atoms with Crippen molar-refractivity contribution in [1.82, 2.24) is 15.1 Å². The minimum atomic E-state index is -0.0974. The van der Waals surface area contributed by atoms with Crippen molar-refractivity contribution in [1.29, 1.82) is 0 Å². The standard InChI is InChI=1S/C20H25N5O2/c1-15-14-16-4-2-3-5-18(16)25(15)20(26)17-6-7-19(23-22-17)21-8-9-24-10-12-27-13-11-24/h2-7,15H,8-14H2,1H3,(H,21,23).